The second-order valence-electron chi connectivity index (χ2n) is 7.14. The summed E-state index contributed by atoms with van der Waals surface area (Å²) in [6.45, 7) is 1.77. The molecule has 4 rings (SSSR count). The molecule has 0 aliphatic carbocycles. The van der Waals surface area contributed by atoms with Crippen LogP contribution in [-0.2, 0) is 6.54 Å². The van der Waals surface area contributed by atoms with Gasteiger partial charge in [-0.1, -0.05) is 0 Å². The first-order valence-electron chi connectivity index (χ1n) is 10.0. The lowest BCUT2D eigenvalue weighted by Crippen LogP contribution is -2.38. The highest BCUT2D eigenvalue weighted by Crippen LogP contribution is 2.31. The van der Waals surface area contributed by atoms with Gasteiger partial charge >= 0.3 is 0 Å². The van der Waals surface area contributed by atoms with E-state index in [1.54, 1.807) is 32.5 Å². The van der Waals surface area contributed by atoms with Gasteiger partial charge in [-0.25, -0.2) is 4.39 Å². The molecule has 31 heavy (non-hydrogen) atoms. The number of hydrogen-bond acceptors (Lipinski definition) is 6. The summed E-state index contributed by atoms with van der Waals surface area (Å²) in [5.74, 6) is 2.70. The molecule has 0 unspecified atom stereocenters. The molecular formula is C23H24FN3O3S. The van der Waals surface area contributed by atoms with E-state index in [-0.39, 0.29) is 11.7 Å². The van der Waals surface area contributed by atoms with Gasteiger partial charge in [-0.15, -0.1) is 0 Å². The molecule has 6 nitrogen and oxygen atoms in total. The second-order valence-corrected chi connectivity index (χ2v) is 8.37. The van der Waals surface area contributed by atoms with Crippen LogP contribution in [0.25, 0.3) is 10.9 Å². The zero-order valence-corrected chi connectivity index (χ0v) is 18.3. The number of nitrogens with one attached hydrogen (secondary N) is 1. The molecule has 1 aliphatic rings. The molecule has 0 bridgehead atoms. The summed E-state index contributed by atoms with van der Waals surface area (Å²) >= 11 is 1.84. The van der Waals surface area contributed by atoms with Crippen LogP contribution < -0.4 is 14.8 Å². The van der Waals surface area contributed by atoms with Gasteiger partial charge in [0.1, 0.15) is 17.3 Å². The Morgan fingerprint density at radius 2 is 1.97 bits per heavy atom. The first-order valence-corrected chi connectivity index (χ1v) is 11.2. The van der Waals surface area contributed by atoms with Gasteiger partial charge in [0, 0.05) is 54.4 Å². The maximum atomic E-state index is 14.1. The molecule has 1 fully saturated rings. The smallest absolute Gasteiger partial charge is 0.257 e. The van der Waals surface area contributed by atoms with Gasteiger partial charge in [0.15, 0.2) is 0 Å². The number of carbonyl (C=O) groups excluding carboxylic acids is 1. The Bertz CT molecular complexity index is 1100. The van der Waals surface area contributed by atoms with Gasteiger partial charge in [-0.2, -0.15) is 11.8 Å². The van der Waals surface area contributed by atoms with Crippen molar-refractivity contribution < 1.29 is 18.7 Å². The third-order valence-corrected chi connectivity index (χ3v) is 6.25. The second kappa shape index (κ2) is 9.43. The molecule has 8 heteroatoms. The molecule has 162 valence electrons. The Hall–Kier alpha value is -3.00. The number of pyridine rings is 1. The normalized spacial score (nSPS) is 13.8. The topological polar surface area (TPSA) is 63.7 Å². The van der Waals surface area contributed by atoms with E-state index < -0.39 is 0 Å². The minimum atomic E-state index is -0.377. The molecule has 1 saturated heterocycles. The lowest BCUT2D eigenvalue weighted by atomic mass is 10.1. The molecule has 1 N–H and O–H groups in total. The fourth-order valence-electron chi connectivity index (χ4n) is 3.64. The molecule has 1 aliphatic heterocycles. The predicted molar refractivity (Wildman–Crippen MR) is 122 cm³/mol. The minimum Gasteiger partial charge on any atom is -0.497 e. The van der Waals surface area contributed by atoms with Crippen LogP contribution in [0, 0.1) is 5.82 Å². The van der Waals surface area contributed by atoms with E-state index >= 15 is 0 Å². The number of anilines is 1. The van der Waals surface area contributed by atoms with Crippen molar-refractivity contribution >= 4 is 34.3 Å². The Morgan fingerprint density at radius 1 is 1.16 bits per heavy atom. The predicted octanol–water partition coefficient (Wildman–Crippen LogP) is 4.19. The third-order valence-electron chi connectivity index (χ3n) is 5.31. The number of aromatic nitrogens is 1. The van der Waals surface area contributed by atoms with Gasteiger partial charge in [0.25, 0.3) is 5.91 Å². The molecule has 0 radical (unpaired) electrons. The third kappa shape index (κ3) is 4.54. The van der Waals surface area contributed by atoms with Crippen LogP contribution in [0.15, 0.2) is 42.6 Å². The van der Waals surface area contributed by atoms with Crippen molar-refractivity contribution in [2.45, 2.75) is 6.54 Å². The molecule has 0 atom stereocenters. The number of thioether (sulfide) groups is 1. The molecule has 1 amide bonds. The number of carbonyl (C=O) groups is 1. The molecular weight excluding hydrogens is 417 g/mol. The molecule has 2 heterocycles. The number of methoxy groups -OCH3 is 2. The van der Waals surface area contributed by atoms with Crippen LogP contribution in [0.1, 0.15) is 15.9 Å². The van der Waals surface area contributed by atoms with Crippen LogP contribution in [-0.4, -0.2) is 54.6 Å². The maximum absolute atomic E-state index is 14.1. The summed E-state index contributed by atoms with van der Waals surface area (Å²) < 4.78 is 24.8. The average molecular weight is 442 g/mol. The van der Waals surface area contributed by atoms with Gasteiger partial charge < -0.3 is 19.7 Å². The Kier molecular flexibility index (Phi) is 6.46. The summed E-state index contributed by atoms with van der Waals surface area (Å²) in [5, 5.41) is 3.93. The summed E-state index contributed by atoms with van der Waals surface area (Å²) in [5.41, 5.74) is 2.52. The van der Waals surface area contributed by atoms with Crippen LogP contribution in [0.3, 0.4) is 0 Å². The zero-order valence-electron chi connectivity index (χ0n) is 17.5. The lowest BCUT2D eigenvalue weighted by molar-refractivity contribution is 0.0773. The van der Waals surface area contributed by atoms with Gasteiger partial charge in [-0.05, 0) is 30.3 Å². The van der Waals surface area contributed by atoms with Crippen molar-refractivity contribution in [2.24, 2.45) is 0 Å². The van der Waals surface area contributed by atoms with E-state index in [4.69, 9.17) is 9.47 Å². The van der Waals surface area contributed by atoms with Crippen LogP contribution >= 0.6 is 11.8 Å². The van der Waals surface area contributed by atoms with Crippen LogP contribution in [0.2, 0.25) is 0 Å². The van der Waals surface area contributed by atoms with E-state index in [2.05, 4.69) is 10.3 Å². The molecule has 0 saturated carbocycles. The zero-order chi connectivity index (χ0) is 21.8. The number of rotatable bonds is 6. The van der Waals surface area contributed by atoms with Crippen molar-refractivity contribution in [3.8, 4) is 11.5 Å². The van der Waals surface area contributed by atoms with Crippen molar-refractivity contribution in [2.75, 3.05) is 44.1 Å². The summed E-state index contributed by atoms with van der Waals surface area (Å²) in [6.07, 6.45) is 1.58. The van der Waals surface area contributed by atoms with Crippen molar-refractivity contribution in [3.63, 3.8) is 0 Å². The highest BCUT2D eigenvalue weighted by atomic mass is 32.2. The summed E-state index contributed by atoms with van der Waals surface area (Å²) in [6, 6.07) is 9.96. The fourth-order valence-corrected chi connectivity index (χ4v) is 4.54. The lowest BCUT2D eigenvalue weighted by Gasteiger charge is -2.27. The van der Waals surface area contributed by atoms with E-state index in [1.807, 2.05) is 28.8 Å². The molecule has 1 aromatic heterocycles. The molecule has 3 aromatic rings. The monoisotopic (exact) mass is 441 g/mol. The highest BCUT2D eigenvalue weighted by molar-refractivity contribution is 7.99. The maximum Gasteiger partial charge on any atom is 0.257 e. The van der Waals surface area contributed by atoms with Gasteiger partial charge in [-0.3, -0.25) is 9.78 Å². The minimum absolute atomic E-state index is 0.0943. The number of amides is 1. The van der Waals surface area contributed by atoms with Crippen LogP contribution in [0.5, 0.6) is 11.5 Å². The van der Waals surface area contributed by atoms with Gasteiger partial charge in [0.05, 0.1) is 31.0 Å². The first kappa shape index (κ1) is 21.2. The Balaban J connectivity index is 1.72. The van der Waals surface area contributed by atoms with Crippen molar-refractivity contribution in [3.05, 3.63) is 59.5 Å². The number of halogens is 1. The van der Waals surface area contributed by atoms with E-state index in [0.717, 1.165) is 17.1 Å². The van der Waals surface area contributed by atoms with Crippen LogP contribution in [0.4, 0.5) is 10.1 Å². The molecule has 2 aromatic carbocycles. The number of hydrogen-bond donors (Lipinski definition) is 1. The number of fused-ring (bicyclic) bond motifs is 1. The van der Waals surface area contributed by atoms with Crippen molar-refractivity contribution in [1.82, 2.24) is 9.88 Å². The summed E-state index contributed by atoms with van der Waals surface area (Å²) in [7, 11) is 3.19. The quantitative estimate of drug-likeness (QED) is 0.619. The van der Waals surface area contributed by atoms with Crippen molar-refractivity contribution in [1.29, 1.82) is 0 Å². The first-order chi connectivity index (χ1) is 15.1. The standard InChI is InChI=1S/C23H24FN3O3S/c1-29-17-5-3-15(21(12-17)30-2)13-26-22-18-11-16(24)4-6-20(18)25-14-19(22)23(28)27-7-9-31-10-8-27/h3-6,11-12,14H,7-10,13H2,1-2H3,(H,25,26). The van der Waals surface area contributed by atoms with E-state index in [9.17, 15) is 9.18 Å². The van der Waals surface area contributed by atoms with Gasteiger partial charge in [0.2, 0.25) is 0 Å². The average Bonchev–Trinajstić information content (AvgIpc) is 2.82. The van der Waals surface area contributed by atoms with E-state index in [0.29, 0.717) is 53.3 Å². The largest absolute Gasteiger partial charge is 0.497 e. The SMILES string of the molecule is COc1ccc(CNc2c(C(=O)N3CCSCC3)cnc3ccc(F)cc23)c(OC)c1. The fraction of sp³-hybridized carbons (Fsp3) is 0.304. The summed E-state index contributed by atoms with van der Waals surface area (Å²) in [4.78, 5) is 19.5. The number of benzene rings is 2. The number of ether oxygens (including phenoxy) is 2. The number of nitrogens with zero attached hydrogens (tertiary/aromatic N) is 2. The Labute approximate surface area is 184 Å². The molecule has 0 spiro atoms. The highest BCUT2D eigenvalue weighted by Gasteiger charge is 2.23. The Morgan fingerprint density at radius 3 is 2.71 bits per heavy atom. The van der Waals surface area contributed by atoms with E-state index in [1.165, 1.54) is 12.1 Å².